The van der Waals surface area contributed by atoms with E-state index in [0.717, 1.165) is 6.42 Å². The third-order valence-electron chi connectivity index (χ3n) is 3.76. The van der Waals surface area contributed by atoms with Crippen LogP contribution in [0.3, 0.4) is 0 Å². The summed E-state index contributed by atoms with van der Waals surface area (Å²) in [4.78, 5) is 11.4. The maximum Gasteiger partial charge on any atom is 0.310 e. The number of hydrogen-bond donors (Lipinski definition) is 0. The van der Waals surface area contributed by atoms with Crippen LogP contribution in [0.25, 0.3) is 0 Å². The summed E-state index contributed by atoms with van der Waals surface area (Å²) in [6.45, 7) is 2.84. The minimum atomic E-state index is 0.0364. The first-order chi connectivity index (χ1) is 5.71. The number of fused-ring (bicyclic) bond motifs is 5. The molecule has 4 unspecified atom stereocenters. The normalized spacial score (nSPS) is 54.4. The lowest BCUT2D eigenvalue weighted by atomic mass is 9.76. The van der Waals surface area contributed by atoms with Crippen molar-refractivity contribution in [2.24, 2.45) is 23.2 Å². The molecule has 0 N–H and O–H groups in total. The average Bonchev–Trinajstić information content (AvgIpc) is 2.61. The lowest BCUT2D eigenvalue weighted by Crippen LogP contribution is -2.27. The molecule has 1 saturated carbocycles. The van der Waals surface area contributed by atoms with E-state index in [1.807, 2.05) is 0 Å². The third kappa shape index (κ3) is 0.563. The van der Waals surface area contributed by atoms with Crippen LogP contribution >= 0.6 is 0 Å². The van der Waals surface area contributed by atoms with Crippen molar-refractivity contribution in [2.75, 3.05) is 6.61 Å². The van der Waals surface area contributed by atoms with Crippen molar-refractivity contribution in [3.8, 4) is 0 Å². The summed E-state index contributed by atoms with van der Waals surface area (Å²) in [6, 6.07) is 0. The van der Waals surface area contributed by atoms with Gasteiger partial charge in [-0.2, -0.15) is 0 Å². The number of carbonyl (C=O) groups excluding carboxylic acids is 1. The third-order valence-corrected chi connectivity index (χ3v) is 3.76. The summed E-state index contributed by atoms with van der Waals surface area (Å²) in [5, 5.41) is 0. The largest absolute Gasteiger partial charge is 0.465 e. The predicted molar refractivity (Wildman–Crippen MR) is 43.3 cm³/mol. The summed E-state index contributed by atoms with van der Waals surface area (Å²) in [5.41, 5.74) is 0.128. The van der Waals surface area contributed by atoms with Crippen LogP contribution in [0.1, 0.15) is 13.3 Å². The van der Waals surface area contributed by atoms with Crippen molar-refractivity contribution in [1.29, 1.82) is 0 Å². The zero-order valence-electron chi connectivity index (χ0n) is 7.12. The van der Waals surface area contributed by atoms with E-state index >= 15 is 0 Å². The van der Waals surface area contributed by atoms with Gasteiger partial charge in [0, 0.05) is 5.92 Å². The van der Waals surface area contributed by atoms with Crippen molar-refractivity contribution < 1.29 is 9.53 Å². The number of ether oxygens (including phenoxy) is 1. The van der Waals surface area contributed by atoms with Crippen LogP contribution in [-0.2, 0) is 9.53 Å². The standard InChI is InChI=1S/C10H12O2/c1-10-3-2-6(4-10)7-5-12-9(11)8(7)10/h2-3,6-8H,4-5H2,1H3. The highest BCUT2D eigenvalue weighted by Crippen LogP contribution is 2.58. The van der Waals surface area contributed by atoms with Crippen molar-refractivity contribution >= 4 is 5.97 Å². The molecular formula is C10H12O2. The van der Waals surface area contributed by atoms with Crippen LogP contribution in [0.5, 0.6) is 0 Å². The van der Waals surface area contributed by atoms with E-state index in [9.17, 15) is 4.79 Å². The van der Waals surface area contributed by atoms with Gasteiger partial charge < -0.3 is 4.74 Å². The van der Waals surface area contributed by atoms with Crippen molar-refractivity contribution in [1.82, 2.24) is 0 Å². The molecule has 0 amide bonds. The zero-order chi connectivity index (χ0) is 8.34. The average molecular weight is 164 g/mol. The first-order valence-corrected chi connectivity index (χ1v) is 4.57. The minimum absolute atomic E-state index is 0.0364. The van der Waals surface area contributed by atoms with Gasteiger partial charge in [-0.25, -0.2) is 0 Å². The molecule has 0 aromatic carbocycles. The maximum atomic E-state index is 11.4. The molecule has 0 aromatic rings. The molecule has 2 nitrogen and oxygen atoms in total. The Morgan fingerprint density at radius 2 is 2.50 bits per heavy atom. The number of hydrogen-bond acceptors (Lipinski definition) is 2. The summed E-state index contributed by atoms with van der Waals surface area (Å²) in [7, 11) is 0. The Kier molecular flexibility index (Phi) is 0.980. The van der Waals surface area contributed by atoms with Crippen molar-refractivity contribution in [2.45, 2.75) is 13.3 Å². The quantitative estimate of drug-likeness (QED) is 0.399. The van der Waals surface area contributed by atoms with Crippen LogP contribution in [0.4, 0.5) is 0 Å². The van der Waals surface area contributed by atoms with Gasteiger partial charge >= 0.3 is 5.97 Å². The molecule has 0 aromatic heterocycles. The van der Waals surface area contributed by atoms with Gasteiger partial charge in [-0.15, -0.1) is 0 Å². The van der Waals surface area contributed by atoms with E-state index in [0.29, 0.717) is 18.4 Å². The Bertz CT molecular complexity index is 282. The zero-order valence-corrected chi connectivity index (χ0v) is 7.12. The highest BCUT2D eigenvalue weighted by Gasteiger charge is 2.59. The molecule has 0 spiro atoms. The maximum absolute atomic E-state index is 11.4. The van der Waals surface area contributed by atoms with E-state index < -0.39 is 0 Å². The van der Waals surface area contributed by atoms with Crippen LogP contribution in [0.15, 0.2) is 12.2 Å². The second-order valence-corrected chi connectivity index (χ2v) is 4.50. The fourth-order valence-corrected chi connectivity index (χ4v) is 3.18. The summed E-state index contributed by atoms with van der Waals surface area (Å²) < 4.78 is 5.09. The molecule has 3 aliphatic rings. The first-order valence-electron chi connectivity index (χ1n) is 4.57. The number of rotatable bonds is 0. The second-order valence-electron chi connectivity index (χ2n) is 4.50. The van der Waals surface area contributed by atoms with E-state index in [1.165, 1.54) is 0 Å². The van der Waals surface area contributed by atoms with Gasteiger partial charge in [0.2, 0.25) is 0 Å². The molecule has 4 atom stereocenters. The van der Waals surface area contributed by atoms with Gasteiger partial charge in [0.15, 0.2) is 0 Å². The summed E-state index contributed by atoms with van der Waals surface area (Å²) in [5.74, 6) is 1.32. The second kappa shape index (κ2) is 1.76. The van der Waals surface area contributed by atoms with Gasteiger partial charge in [-0.1, -0.05) is 19.1 Å². The highest BCUT2D eigenvalue weighted by molar-refractivity contribution is 5.77. The monoisotopic (exact) mass is 164 g/mol. The molecule has 2 bridgehead atoms. The van der Waals surface area contributed by atoms with Crippen LogP contribution in [0.2, 0.25) is 0 Å². The van der Waals surface area contributed by atoms with Crippen LogP contribution in [0, 0.1) is 23.2 Å². The van der Waals surface area contributed by atoms with Gasteiger partial charge in [0.05, 0.1) is 12.5 Å². The first kappa shape index (κ1) is 6.70. The van der Waals surface area contributed by atoms with Crippen molar-refractivity contribution in [3.63, 3.8) is 0 Å². The lowest BCUT2D eigenvalue weighted by Gasteiger charge is -2.24. The Morgan fingerprint density at radius 3 is 3.25 bits per heavy atom. The fraction of sp³-hybridized carbons (Fsp3) is 0.700. The van der Waals surface area contributed by atoms with Gasteiger partial charge in [0.1, 0.15) is 0 Å². The molecule has 0 radical (unpaired) electrons. The molecule has 2 aliphatic carbocycles. The molecule has 1 saturated heterocycles. The Morgan fingerprint density at radius 1 is 1.67 bits per heavy atom. The molecule has 1 aliphatic heterocycles. The van der Waals surface area contributed by atoms with Gasteiger partial charge in [-0.3, -0.25) is 4.79 Å². The summed E-state index contributed by atoms with van der Waals surface area (Å²) >= 11 is 0. The fourth-order valence-electron chi connectivity index (χ4n) is 3.18. The Balaban J connectivity index is 2.09. The van der Waals surface area contributed by atoms with E-state index in [2.05, 4.69) is 19.1 Å². The van der Waals surface area contributed by atoms with Crippen molar-refractivity contribution in [3.05, 3.63) is 12.2 Å². The smallest absolute Gasteiger partial charge is 0.310 e. The SMILES string of the molecule is CC12C=CC(C1)C1COC(=O)C12. The van der Waals surface area contributed by atoms with Gasteiger partial charge in [0.25, 0.3) is 0 Å². The summed E-state index contributed by atoms with van der Waals surface area (Å²) in [6.07, 6.45) is 5.64. The number of cyclic esters (lactones) is 1. The molecule has 1 heterocycles. The minimum Gasteiger partial charge on any atom is -0.465 e. The van der Waals surface area contributed by atoms with Crippen LogP contribution < -0.4 is 0 Å². The molecule has 3 rings (SSSR count). The molecule has 2 fully saturated rings. The predicted octanol–water partition coefficient (Wildman–Crippen LogP) is 1.37. The topological polar surface area (TPSA) is 26.3 Å². The Hall–Kier alpha value is -0.790. The lowest BCUT2D eigenvalue weighted by molar-refractivity contribution is -0.143. The molecule has 12 heavy (non-hydrogen) atoms. The highest BCUT2D eigenvalue weighted by atomic mass is 16.5. The van der Waals surface area contributed by atoms with E-state index in [-0.39, 0.29) is 17.3 Å². The van der Waals surface area contributed by atoms with Crippen LogP contribution in [-0.4, -0.2) is 12.6 Å². The number of esters is 1. The van der Waals surface area contributed by atoms with E-state index in [1.54, 1.807) is 0 Å². The van der Waals surface area contributed by atoms with E-state index in [4.69, 9.17) is 4.74 Å². The Labute approximate surface area is 71.6 Å². The number of carbonyl (C=O) groups is 1. The van der Waals surface area contributed by atoms with Gasteiger partial charge in [-0.05, 0) is 17.8 Å². The number of allylic oxidation sites excluding steroid dienone is 2. The molecular weight excluding hydrogens is 152 g/mol. The molecule has 2 heteroatoms. The molecule has 64 valence electrons.